The van der Waals surface area contributed by atoms with Gasteiger partial charge < -0.3 is 19.6 Å². The van der Waals surface area contributed by atoms with Gasteiger partial charge in [0.2, 0.25) is 0 Å². The lowest BCUT2D eigenvalue weighted by Gasteiger charge is -2.37. The van der Waals surface area contributed by atoms with Gasteiger partial charge in [-0.2, -0.15) is 0 Å². The summed E-state index contributed by atoms with van der Waals surface area (Å²) in [6.45, 7) is 13.6. The number of aryl methyl sites for hydroxylation is 2. The number of pyridine rings is 1. The van der Waals surface area contributed by atoms with Gasteiger partial charge in [-0.05, 0) is 32.9 Å². The van der Waals surface area contributed by atoms with E-state index in [1.165, 1.54) is 5.56 Å². The number of nitrogens with zero attached hydrogens (tertiary/aromatic N) is 5. The average molecular weight is 498 g/mol. The van der Waals surface area contributed by atoms with Crippen LogP contribution in [0.4, 0.5) is 5.82 Å². The molecule has 3 rings (SSSR count). The molecular weight excluding hydrogens is 467 g/mol. The number of guanidine groups is 1. The van der Waals surface area contributed by atoms with Crippen LogP contribution in [0.3, 0.4) is 0 Å². The Morgan fingerprint density at radius 2 is 2.00 bits per heavy atom. The first kappa shape index (κ1) is 22.4. The second-order valence-electron chi connectivity index (χ2n) is 7.00. The van der Waals surface area contributed by atoms with Gasteiger partial charge in [-0.15, -0.1) is 24.0 Å². The van der Waals surface area contributed by atoms with E-state index in [1.807, 2.05) is 32.2 Å². The Hall–Kier alpha value is -1.84. The van der Waals surface area contributed by atoms with Gasteiger partial charge in [0.15, 0.2) is 5.96 Å². The van der Waals surface area contributed by atoms with Gasteiger partial charge in [0.1, 0.15) is 11.6 Å². The van der Waals surface area contributed by atoms with E-state index < -0.39 is 0 Å². The van der Waals surface area contributed by atoms with Crippen molar-refractivity contribution in [3.8, 4) is 0 Å². The summed E-state index contributed by atoms with van der Waals surface area (Å²) >= 11 is 0. The zero-order valence-corrected chi connectivity index (χ0v) is 19.5. The smallest absolute Gasteiger partial charge is 0.194 e. The molecule has 0 aromatic carbocycles. The minimum atomic E-state index is 0. The average Bonchev–Trinajstić information content (AvgIpc) is 3.04. The molecule has 1 aliphatic heterocycles. The summed E-state index contributed by atoms with van der Waals surface area (Å²) in [7, 11) is 0. The minimum absolute atomic E-state index is 0. The number of aliphatic imine (C=N–C) groups is 1. The highest BCUT2D eigenvalue weighted by Gasteiger charge is 2.21. The van der Waals surface area contributed by atoms with Gasteiger partial charge in [-0.1, -0.05) is 18.1 Å². The molecule has 2 aromatic heterocycles. The first-order valence-corrected chi connectivity index (χ1v) is 9.72. The molecule has 1 fully saturated rings. The fourth-order valence-electron chi connectivity index (χ4n) is 3.62. The van der Waals surface area contributed by atoms with Crippen molar-refractivity contribution < 1.29 is 4.52 Å². The predicted octanol–water partition coefficient (Wildman–Crippen LogP) is 3.20. The molecule has 8 heteroatoms. The largest absolute Gasteiger partial charge is 0.361 e. The number of rotatable bonds is 5. The number of aromatic nitrogens is 2. The molecule has 0 aliphatic carbocycles. The zero-order chi connectivity index (χ0) is 19.2. The number of piperazine rings is 1. The molecular formula is C20H31IN6O. The van der Waals surface area contributed by atoms with E-state index in [0.29, 0.717) is 6.54 Å². The first-order chi connectivity index (χ1) is 13.1. The summed E-state index contributed by atoms with van der Waals surface area (Å²) in [5.74, 6) is 3.20. The number of nitrogens with one attached hydrogen (secondary N) is 1. The van der Waals surface area contributed by atoms with Crippen LogP contribution < -0.4 is 10.2 Å². The monoisotopic (exact) mass is 498 g/mol. The molecule has 0 saturated carbocycles. The van der Waals surface area contributed by atoms with Crippen molar-refractivity contribution in [3.05, 3.63) is 41.4 Å². The quantitative estimate of drug-likeness (QED) is 0.388. The van der Waals surface area contributed by atoms with Gasteiger partial charge >= 0.3 is 0 Å². The lowest BCUT2D eigenvalue weighted by atomic mass is 10.00. The second kappa shape index (κ2) is 10.6. The maximum atomic E-state index is 5.30. The van der Waals surface area contributed by atoms with E-state index in [2.05, 4.69) is 45.2 Å². The van der Waals surface area contributed by atoms with E-state index in [0.717, 1.165) is 56.0 Å². The van der Waals surface area contributed by atoms with E-state index in [1.54, 1.807) is 0 Å². The summed E-state index contributed by atoms with van der Waals surface area (Å²) in [5, 5.41) is 7.51. The summed E-state index contributed by atoms with van der Waals surface area (Å²) in [6, 6.07) is 6.06. The highest BCUT2D eigenvalue weighted by atomic mass is 127. The molecule has 3 heterocycles. The Labute approximate surface area is 184 Å². The Balaban J connectivity index is 0.00000280. The molecule has 0 radical (unpaired) electrons. The SMILES string of the molecule is CCNC(=NCC(C)c1c(C)noc1C)N1CCN(c2ccccn2)CC1.I. The van der Waals surface area contributed by atoms with E-state index >= 15 is 0 Å². The molecule has 28 heavy (non-hydrogen) atoms. The maximum Gasteiger partial charge on any atom is 0.194 e. The molecule has 1 aliphatic rings. The first-order valence-electron chi connectivity index (χ1n) is 9.72. The predicted molar refractivity (Wildman–Crippen MR) is 124 cm³/mol. The molecule has 1 atom stereocenters. The van der Waals surface area contributed by atoms with Crippen LogP contribution in [-0.4, -0.2) is 60.3 Å². The lowest BCUT2D eigenvalue weighted by Crippen LogP contribution is -2.52. The molecule has 1 N–H and O–H groups in total. The van der Waals surface area contributed by atoms with Crippen LogP contribution in [0, 0.1) is 13.8 Å². The third kappa shape index (κ3) is 5.36. The topological polar surface area (TPSA) is 69.8 Å². The van der Waals surface area contributed by atoms with Crippen LogP contribution in [0.1, 0.15) is 36.8 Å². The van der Waals surface area contributed by atoms with Gasteiger partial charge in [0.25, 0.3) is 0 Å². The summed E-state index contributed by atoms with van der Waals surface area (Å²) in [4.78, 5) is 14.0. The summed E-state index contributed by atoms with van der Waals surface area (Å²) in [6.07, 6.45) is 1.85. The Kier molecular flexibility index (Phi) is 8.53. The van der Waals surface area contributed by atoms with Gasteiger partial charge in [0, 0.05) is 56.9 Å². The van der Waals surface area contributed by atoms with Crippen molar-refractivity contribution in [2.45, 2.75) is 33.6 Å². The van der Waals surface area contributed by atoms with Gasteiger partial charge in [0.05, 0.1) is 5.69 Å². The third-order valence-electron chi connectivity index (χ3n) is 4.98. The second-order valence-corrected chi connectivity index (χ2v) is 7.00. The molecule has 2 aromatic rings. The van der Waals surface area contributed by atoms with E-state index in [-0.39, 0.29) is 29.9 Å². The number of hydrogen-bond acceptors (Lipinski definition) is 5. The number of hydrogen-bond donors (Lipinski definition) is 1. The fourth-order valence-corrected chi connectivity index (χ4v) is 3.62. The maximum absolute atomic E-state index is 5.30. The molecule has 7 nitrogen and oxygen atoms in total. The molecule has 154 valence electrons. The standard InChI is InChI=1S/C20H30N6O.HI/c1-5-21-20(23-14-15(2)19-16(3)24-27-17(19)4)26-12-10-25(11-13-26)18-8-6-7-9-22-18;/h6-9,15H,5,10-14H2,1-4H3,(H,21,23);1H. The van der Waals surface area contributed by atoms with Crippen LogP contribution in [0.5, 0.6) is 0 Å². The number of halogens is 1. The normalized spacial score (nSPS) is 15.9. The van der Waals surface area contributed by atoms with Crippen molar-refractivity contribution in [2.24, 2.45) is 4.99 Å². The van der Waals surface area contributed by atoms with Crippen LogP contribution in [0.2, 0.25) is 0 Å². The van der Waals surface area contributed by atoms with Crippen molar-refractivity contribution in [2.75, 3.05) is 44.2 Å². The van der Waals surface area contributed by atoms with Gasteiger partial charge in [-0.3, -0.25) is 4.99 Å². The molecule has 0 bridgehead atoms. The highest BCUT2D eigenvalue weighted by Crippen LogP contribution is 2.23. The Morgan fingerprint density at radius 3 is 2.57 bits per heavy atom. The van der Waals surface area contributed by atoms with Crippen LogP contribution in [-0.2, 0) is 0 Å². The Bertz CT molecular complexity index is 736. The Morgan fingerprint density at radius 1 is 1.25 bits per heavy atom. The molecule has 0 spiro atoms. The van der Waals surface area contributed by atoms with Crippen molar-refractivity contribution in [3.63, 3.8) is 0 Å². The molecule has 1 unspecified atom stereocenters. The summed E-state index contributed by atoms with van der Waals surface area (Å²) in [5.41, 5.74) is 2.14. The zero-order valence-electron chi connectivity index (χ0n) is 17.2. The third-order valence-corrected chi connectivity index (χ3v) is 4.98. The van der Waals surface area contributed by atoms with Crippen LogP contribution >= 0.6 is 24.0 Å². The van der Waals surface area contributed by atoms with E-state index in [4.69, 9.17) is 9.52 Å². The van der Waals surface area contributed by atoms with Crippen molar-refractivity contribution >= 4 is 35.8 Å². The van der Waals surface area contributed by atoms with E-state index in [9.17, 15) is 0 Å². The van der Waals surface area contributed by atoms with Crippen molar-refractivity contribution in [1.29, 1.82) is 0 Å². The fraction of sp³-hybridized carbons (Fsp3) is 0.550. The summed E-state index contributed by atoms with van der Waals surface area (Å²) < 4.78 is 5.30. The van der Waals surface area contributed by atoms with Crippen LogP contribution in [0.15, 0.2) is 33.9 Å². The molecule has 0 amide bonds. The number of anilines is 1. The van der Waals surface area contributed by atoms with Crippen LogP contribution in [0.25, 0.3) is 0 Å². The minimum Gasteiger partial charge on any atom is -0.361 e. The lowest BCUT2D eigenvalue weighted by molar-refractivity contribution is 0.371. The van der Waals surface area contributed by atoms with Crippen molar-refractivity contribution in [1.82, 2.24) is 20.4 Å². The van der Waals surface area contributed by atoms with Gasteiger partial charge in [-0.25, -0.2) is 4.98 Å². The molecule has 1 saturated heterocycles. The highest BCUT2D eigenvalue weighted by molar-refractivity contribution is 14.0.